The third kappa shape index (κ3) is 4.93. The molecule has 6 heteroatoms. The van der Waals surface area contributed by atoms with Crippen LogP contribution in [0.15, 0.2) is 54.6 Å². The second-order valence-corrected chi connectivity index (χ2v) is 9.80. The van der Waals surface area contributed by atoms with Crippen molar-refractivity contribution in [3.63, 3.8) is 0 Å². The molecule has 0 N–H and O–H groups in total. The van der Waals surface area contributed by atoms with Crippen molar-refractivity contribution in [2.75, 3.05) is 13.1 Å². The number of carbonyl (C=O) groups excluding carboxylic acids is 1. The lowest BCUT2D eigenvalue weighted by atomic mass is 9.99. The van der Waals surface area contributed by atoms with Gasteiger partial charge in [-0.05, 0) is 43.9 Å². The van der Waals surface area contributed by atoms with Crippen LogP contribution in [0.25, 0.3) is 0 Å². The van der Waals surface area contributed by atoms with E-state index >= 15 is 0 Å². The minimum Gasteiger partial charge on any atom is -0.457 e. The Morgan fingerprint density at radius 1 is 1.07 bits per heavy atom. The summed E-state index contributed by atoms with van der Waals surface area (Å²) in [7, 11) is -3.66. The SMILES string of the molecule is CC1CCN(C(=O)C(C)S(=O)(=O)Cc2ccccc2Oc2ccccc2)CC1. The topological polar surface area (TPSA) is 63.7 Å². The summed E-state index contributed by atoms with van der Waals surface area (Å²) in [5, 5.41) is -1.06. The number of para-hydroxylation sites is 2. The average molecular weight is 402 g/mol. The molecule has 1 atom stereocenters. The third-order valence-electron chi connectivity index (χ3n) is 5.28. The number of hydrogen-bond acceptors (Lipinski definition) is 4. The van der Waals surface area contributed by atoms with Crippen molar-refractivity contribution < 1.29 is 17.9 Å². The molecule has 0 radical (unpaired) electrons. The van der Waals surface area contributed by atoms with E-state index in [1.54, 1.807) is 29.2 Å². The second kappa shape index (κ2) is 8.78. The molecule has 0 saturated carbocycles. The van der Waals surface area contributed by atoms with Crippen LogP contribution < -0.4 is 4.74 Å². The summed E-state index contributed by atoms with van der Waals surface area (Å²) in [5.41, 5.74) is 0.554. The van der Waals surface area contributed by atoms with Gasteiger partial charge in [0, 0.05) is 18.7 Å². The van der Waals surface area contributed by atoms with Crippen LogP contribution in [-0.2, 0) is 20.4 Å². The molecule has 5 nitrogen and oxygen atoms in total. The molecule has 0 spiro atoms. The molecule has 1 aliphatic rings. The van der Waals surface area contributed by atoms with E-state index < -0.39 is 15.1 Å². The lowest BCUT2D eigenvalue weighted by Gasteiger charge is -2.32. The number of rotatable bonds is 6. The molecule has 1 heterocycles. The molecule has 2 aromatic carbocycles. The number of sulfone groups is 1. The van der Waals surface area contributed by atoms with Gasteiger partial charge in [-0.3, -0.25) is 4.79 Å². The number of amides is 1. The molecular formula is C22H27NO4S. The third-order valence-corrected chi connectivity index (χ3v) is 7.27. The van der Waals surface area contributed by atoms with Crippen LogP contribution in [0.1, 0.15) is 32.3 Å². The van der Waals surface area contributed by atoms with Crippen molar-refractivity contribution in [3.8, 4) is 11.5 Å². The molecule has 1 fully saturated rings. The van der Waals surface area contributed by atoms with E-state index in [0.717, 1.165) is 12.8 Å². The predicted molar refractivity (Wildman–Crippen MR) is 110 cm³/mol. The summed E-state index contributed by atoms with van der Waals surface area (Å²) in [6.45, 7) is 4.92. The van der Waals surface area contributed by atoms with Crippen molar-refractivity contribution in [1.29, 1.82) is 0 Å². The van der Waals surface area contributed by atoms with Gasteiger partial charge in [0.1, 0.15) is 16.7 Å². The van der Waals surface area contributed by atoms with Gasteiger partial charge in [0.05, 0.1) is 5.75 Å². The average Bonchev–Trinajstić information content (AvgIpc) is 2.69. The number of hydrogen-bond donors (Lipinski definition) is 0. The molecule has 0 aliphatic carbocycles. The van der Waals surface area contributed by atoms with Crippen molar-refractivity contribution in [3.05, 3.63) is 60.2 Å². The van der Waals surface area contributed by atoms with Gasteiger partial charge in [-0.1, -0.05) is 43.3 Å². The van der Waals surface area contributed by atoms with Crippen molar-refractivity contribution in [1.82, 2.24) is 4.90 Å². The van der Waals surface area contributed by atoms with E-state index in [9.17, 15) is 13.2 Å². The first-order valence-electron chi connectivity index (χ1n) is 9.68. The zero-order valence-corrected chi connectivity index (χ0v) is 17.2. The minimum atomic E-state index is -3.66. The molecule has 3 rings (SSSR count). The van der Waals surface area contributed by atoms with Gasteiger partial charge in [-0.25, -0.2) is 8.42 Å². The van der Waals surface area contributed by atoms with Crippen molar-refractivity contribution >= 4 is 15.7 Å². The van der Waals surface area contributed by atoms with Crippen LogP contribution in [0, 0.1) is 5.92 Å². The van der Waals surface area contributed by atoms with Crippen molar-refractivity contribution in [2.45, 2.75) is 37.7 Å². The summed E-state index contributed by atoms with van der Waals surface area (Å²) < 4.78 is 31.8. The number of likely N-dealkylation sites (tertiary alicyclic amines) is 1. The highest BCUT2D eigenvalue weighted by Gasteiger charge is 2.33. The first-order valence-corrected chi connectivity index (χ1v) is 11.4. The van der Waals surface area contributed by atoms with Crippen LogP contribution in [0.5, 0.6) is 11.5 Å². The molecule has 1 saturated heterocycles. The lowest BCUT2D eigenvalue weighted by molar-refractivity contribution is -0.131. The van der Waals surface area contributed by atoms with E-state index in [-0.39, 0.29) is 11.7 Å². The fourth-order valence-corrected chi connectivity index (χ4v) is 4.70. The highest BCUT2D eigenvalue weighted by Crippen LogP contribution is 2.28. The van der Waals surface area contributed by atoms with Gasteiger partial charge in [0.25, 0.3) is 0 Å². The Kier molecular flexibility index (Phi) is 6.39. The Balaban J connectivity index is 1.74. The summed E-state index contributed by atoms with van der Waals surface area (Å²) in [6.07, 6.45) is 1.85. The number of benzene rings is 2. The number of nitrogens with zero attached hydrogens (tertiary/aromatic N) is 1. The molecule has 2 aromatic rings. The van der Waals surface area contributed by atoms with Gasteiger partial charge in [-0.2, -0.15) is 0 Å². The standard InChI is InChI=1S/C22H27NO4S/c1-17-12-14-23(15-13-17)22(24)18(2)28(25,26)16-19-8-6-7-11-21(19)27-20-9-4-3-5-10-20/h3-11,17-18H,12-16H2,1-2H3. The summed E-state index contributed by atoms with van der Waals surface area (Å²) >= 11 is 0. The Hall–Kier alpha value is -2.34. The first-order chi connectivity index (χ1) is 13.4. The minimum absolute atomic E-state index is 0.229. The van der Waals surface area contributed by atoms with Crippen LogP contribution in [0.3, 0.4) is 0 Å². The number of ether oxygens (including phenoxy) is 1. The Morgan fingerprint density at radius 2 is 1.68 bits per heavy atom. The molecular weight excluding hydrogens is 374 g/mol. The van der Waals surface area contributed by atoms with Gasteiger partial charge in [0.15, 0.2) is 9.84 Å². The maximum atomic E-state index is 12.9. The van der Waals surface area contributed by atoms with E-state index in [2.05, 4.69) is 6.92 Å². The number of carbonyl (C=O) groups is 1. The molecule has 1 unspecified atom stereocenters. The summed E-state index contributed by atoms with van der Waals surface area (Å²) in [5.74, 6) is 1.18. The highest BCUT2D eigenvalue weighted by molar-refractivity contribution is 7.92. The van der Waals surface area contributed by atoms with E-state index in [4.69, 9.17) is 4.74 Å². The monoisotopic (exact) mass is 401 g/mol. The smallest absolute Gasteiger partial charge is 0.240 e. The predicted octanol–water partition coefficient (Wildman–Crippen LogP) is 4.04. The second-order valence-electron chi connectivity index (χ2n) is 7.48. The van der Waals surface area contributed by atoms with Crippen molar-refractivity contribution in [2.24, 2.45) is 5.92 Å². The molecule has 150 valence electrons. The zero-order chi connectivity index (χ0) is 20.1. The fraction of sp³-hybridized carbons (Fsp3) is 0.409. The van der Waals surface area contributed by atoms with Crippen LogP contribution in [-0.4, -0.2) is 37.6 Å². The highest BCUT2D eigenvalue weighted by atomic mass is 32.2. The van der Waals surface area contributed by atoms with Crippen LogP contribution in [0.2, 0.25) is 0 Å². The Morgan fingerprint density at radius 3 is 2.36 bits per heavy atom. The summed E-state index contributed by atoms with van der Waals surface area (Å²) in [6, 6.07) is 16.3. The van der Waals surface area contributed by atoms with Crippen LogP contribution >= 0.6 is 0 Å². The van der Waals surface area contributed by atoms with E-state index in [1.807, 2.05) is 30.3 Å². The van der Waals surface area contributed by atoms with Gasteiger partial charge in [-0.15, -0.1) is 0 Å². The number of piperidine rings is 1. The molecule has 1 aliphatic heterocycles. The molecule has 0 aromatic heterocycles. The quantitative estimate of drug-likeness (QED) is 0.733. The first kappa shape index (κ1) is 20.4. The summed E-state index contributed by atoms with van der Waals surface area (Å²) in [4.78, 5) is 14.4. The van der Waals surface area contributed by atoms with Gasteiger partial charge >= 0.3 is 0 Å². The maximum absolute atomic E-state index is 12.9. The Labute approximate surface area is 167 Å². The van der Waals surface area contributed by atoms with Gasteiger partial charge < -0.3 is 9.64 Å². The van der Waals surface area contributed by atoms with Crippen LogP contribution in [0.4, 0.5) is 0 Å². The van der Waals surface area contributed by atoms with Gasteiger partial charge in [0.2, 0.25) is 5.91 Å². The maximum Gasteiger partial charge on any atom is 0.240 e. The lowest BCUT2D eigenvalue weighted by Crippen LogP contribution is -2.45. The molecule has 1 amide bonds. The zero-order valence-electron chi connectivity index (χ0n) is 16.4. The largest absolute Gasteiger partial charge is 0.457 e. The fourth-order valence-electron chi connectivity index (χ4n) is 3.32. The van der Waals surface area contributed by atoms with E-state index in [0.29, 0.717) is 36.1 Å². The molecule has 0 bridgehead atoms. The normalized spacial score (nSPS) is 16.6. The Bertz CT molecular complexity index is 903. The van der Waals surface area contributed by atoms with E-state index in [1.165, 1.54) is 6.92 Å². The molecule has 28 heavy (non-hydrogen) atoms.